The molecule has 0 aromatic heterocycles. The van der Waals surface area contributed by atoms with Crippen molar-refractivity contribution in [2.75, 3.05) is 0 Å². The van der Waals surface area contributed by atoms with Gasteiger partial charge in [0.1, 0.15) is 17.3 Å². The number of hydrogen-bond acceptors (Lipinski definition) is 3. The molecule has 122 valence electrons. The fourth-order valence-corrected chi connectivity index (χ4v) is 6.15. The monoisotopic (exact) mass is 304 g/mol. The SMILES string of the molecule is CC(=O)CCC1C(=O)CCC2C3(C)CC(=O)CC3CCC12C. The fourth-order valence-electron chi connectivity index (χ4n) is 6.15. The molecule has 0 aliphatic heterocycles. The molecule has 3 saturated carbocycles. The number of Topliss-reactive ketones (excluding diaryl/α,β-unsaturated/α-hetero) is 3. The van der Waals surface area contributed by atoms with E-state index in [1.807, 2.05) is 0 Å². The zero-order valence-corrected chi connectivity index (χ0v) is 14.1. The van der Waals surface area contributed by atoms with Crippen molar-refractivity contribution in [1.82, 2.24) is 0 Å². The third kappa shape index (κ3) is 2.28. The van der Waals surface area contributed by atoms with E-state index in [1.165, 1.54) is 0 Å². The van der Waals surface area contributed by atoms with E-state index in [4.69, 9.17) is 0 Å². The van der Waals surface area contributed by atoms with Crippen LogP contribution in [0.2, 0.25) is 0 Å². The highest BCUT2D eigenvalue weighted by Crippen LogP contribution is 2.65. The first-order valence-electron chi connectivity index (χ1n) is 8.81. The lowest BCUT2D eigenvalue weighted by atomic mass is 9.45. The zero-order valence-electron chi connectivity index (χ0n) is 14.1. The van der Waals surface area contributed by atoms with Crippen molar-refractivity contribution >= 4 is 17.3 Å². The van der Waals surface area contributed by atoms with Gasteiger partial charge in [-0.2, -0.15) is 0 Å². The van der Waals surface area contributed by atoms with E-state index in [0.717, 1.165) is 25.7 Å². The first-order chi connectivity index (χ1) is 10.3. The number of carbonyl (C=O) groups is 3. The van der Waals surface area contributed by atoms with Crippen LogP contribution in [0.5, 0.6) is 0 Å². The van der Waals surface area contributed by atoms with Crippen LogP contribution in [0.4, 0.5) is 0 Å². The van der Waals surface area contributed by atoms with Crippen LogP contribution in [0.25, 0.3) is 0 Å². The van der Waals surface area contributed by atoms with Crippen molar-refractivity contribution in [3.8, 4) is 0 Å². The predicted molar refractivity (Wildman–Crippen MR) is 84.3 cm³/mol. The summed E-state index contributed by atoms with van der Waals surface area (Å²) in [6, 6.07) is 0. The van der Waals surface area contributed by atoms with Gasteiger partial charge in [-0.05, 0) is 55.3 Å². The maximum Gasteiger partial charge on any atom is 0.136 e. The molecule has 0 bridgehead atoms. The molecule has 0 aromatic rings. The summed E-state index contributed by atoms with van der Waals surface area (Å²) in [5, 5.41) is 0. The third-order valence-corrected chi connectivity index (χ3v) is 7.26. The summed E-state index contributed by atoms with van der Waals surface area (Å²) in [4.78, 5) is 36.0. The van der Waals surface area contributed by atoms with E-state index >= 15 is 0 Å². The van der Waals surface area contributed by atoms with Crippen LogP contribution in [0.15, 0.2) is 0 Å². The summed E-state index contributed by atoms with van der Waals surface area (Å²) in [5.74, 6) is 1.93. The number of ketones is 3. The Balaban J connectivity index is 1.91. The molecule has 0 heterocycles. The zero-order chi connectivity index (χ0) is 16.1. The van der Waals surface area contributed by atoms with E-state index < -0.39 is 0 Å². The molecule has 5 unspecified atom stereocenters. The van der Waals surface area contributed by atoms with Gasteiger partial charge in [-0.15, -0.1) is 0 Å². The quantitative estimate of drug-likeness (QED) is 0.798. The summed E-state index contributed by atoms with van der Waals surface area (Å²) < 4.78 is 0. The number of carbonyl (C=O) groups excluding carboxylic acids is 3. The lowest BCUT2D eigenvalue weighted by Gasteiger charge is -2.58. The Morgan fingerprint density at radius 2 is 1.91 bits per heavy atom. The molecule has 0 spiro atoms. The Hall–Kier alpha value is -0.990. The van der Waals surface area contributed by atoms with Crippen molar-refractivity contribution in [3.05, 3.63) is 0 Å². The smallest absolute Gasteiger partial charge is 0.136 e. The standard InChI is InChI=1S/C19H28O3/c1-12(20)4-5-15-16(22)6-7-17-18(15,2)9-8-13-10-14(21)11-19(13,17)3/h13,15,17H,4-11H2,1-3H3. The molecule has 3 aliphatic rings. The Kier molecular flexibility index (Phi) is 3.81. The van der Waals surface area contributed by atoms with Gasteiger partial charge < -0.3 is 4.79 Å². The summed E-state index contributed by atoms with van der Waals surface area (Å²) in [5.41, 5.74) is 0.0694. The predicted octanol–water partition coefficient (Wildman–Crippen LogP) is 3.74. The minimum atomic E-state index is -0.0132. The Morgan fingerprint density at radius 3 is 2.59 bits per heavy atom. The van der Waals surface area contributed by atoms with Gasteiger partial charge in [-0.25, -0.2) is 0 Å². The summed E-state index contributed by atoms with van der Waals surface area (Å²) in [6.45, 7) is 6.17. The lowest BCUT2D eigenvalue weighted by molar-refractivity contribution is -0.149. The average Bonchev–Trinajstić information content (AvgIpc) is 2.71. The molecule has 0 aromatic carbocycles. The van der Waals surface area contributed by atoms with Gasteiger partial charge in [0.15, 0.2) is 0 Å². The minimum absolute atomic E-state index is 0.0132. The first-order valence-corrected chi connectivity index (χ1v) is 8.81. The minimum Gasteiger partial charge on any atom is -0.300 e. The van der Waals surface area contributed by atoms with Gasteiger partial charge in [-0.1, -0.05) is 13.8 Å². The van der Waals surface area contributed by atoms with Crippen LogP contribution >= 0.6 is 0 Å². The van der Waals surface area contributed by atoms with Crippen LogP contribution in [0, 0.1) is 28.6 Å². The topological polar surface area (TPSA) is 51.2 Å². The molecule has 0 amide bonds. The molecule has 3 rings (SSSR count). The van der Waals surface area contributed by atoms with E-state index in [9.17, 15) is 14.4 Å². The van der Waals surface area contributed by atoms with Crippen LogP contribution < -0.4 is 0 Å². The van der Waals surface area contributed by atoms with Gasteiger partial charge in [0.25, 0.3) is 0 Å². The molecule has 22 heavy (non-hydrogen) atoms. The van der Waals surface area contributed by atoms with E-state index in [2.05, 4.69) is 13.8 Å². The highest BCUT2D eigenvalue weighted by Gasteiger charge is 2.61. The molecule has 0 N–H and O–H groups in total. The van der Waals surface area contributed by atoms with Crippen molar-refractivity contribution in [3.63, 3.8) is 0 Å². The maximum absolute atomic E-state index is 12.5. The van der Waals surface area contributed by atoms with E-state index in [0.29, 0.717) is 49.1 Å². The van der Waals surface area contributed by atoms with Crippen LogP contribution in [0.3, 0.4) is 0 Å². The average molecular weight is 304 g/mol. The molecule has 3 nitrogen and oxygen atoms in total. The van der Waals surface area contributed by atoms with Gasteiger partial charge in [0.05, 0.1) is 0 Å². The second kappa shape index (κ2) is 5.28. The van der Waals surface area contributed by atoms with Gasteiger partial charge in [0.2, 0.25) is 0 Å². The second-order valence-corrected chi connectivity index (χ2v) is 8.52. The summed E-state index contributed by atoms with van der Waals surface area (Å²) in [6.07, 6.45) is 6.35. The van der Waals surface area contributed by atoms with Crippen LogP contribution in [-0.4, -0.2) is 17.3 Å². The molecular weight excluding hydrogens is 276 g/mol. The Labute approximate surface area is 133 Å². The van der Waals surface area contributed by atoms with Gasteiger partial charge in [0, 0.05) is 31.6 Å². The fraction of sp³-hybridized carbons (Fsp3) is 0.842. The first kappa shape index (κ1) is 15.9. The van der Waals surface area contributed by atoms with Crippen molar-refractivity contribution < 1.29 is 14.4 Å². The lowest BCUT2D eigenvalue weighted by Crippen LogP contribution is -2.54. The number of fused-ring (bicyclic) bond motifs is 3. The molecule has 5 atom stereocenters. The van der Waals surface area contributed by atoms with Gasteiger partial charge >= 0.3 is 0 Å². The Morgan fingerprint density at radius 1 is 1.18 bits per heavy atom. The second-order valence-electron chi connectivity index (χ2n) is 8.52. The molecule has 3 aliphatic carbocycles. The highest BCUT2D eigenvalue weighted by molar-refractivity contribution is 5.85. The van der Waals surface area contributed by atoms with Crippen LogP contribution in [-0.2, 0) is 14.4 Å². The molecular formula is C19H28O3. The normalized spacial score (nSPS) is 44.6. The number of rotatable bonds is 3. The molecule has 0 radical (unpaired) electrons. The number of hydrogen-bond donors (Lipinski definition) is 0. The van der Waals surface area contributed by atoms with E-state index in [1.54, 1.807) is 6.92 Å². The van der Waals surface area contributed by atoms with Crippen molar-refractivity contribution in [2.45, 2.75) is 72.1 Å². The summed E-state index contributed by atoms with van der Waals surface area (Å²) in [7, 11) is 0. The van der Waals surface area contributed by atoms with Crippen LogP contribution in [0.1, 0.15) is 72.1 Å². The Bertz CT molecular complexity index is 523. The van der Waals surface area contributed by atoms with Crippen molar-refractivity contribution in [2.24, 2.45) is 28.6 Å². The molecule has 3 heteroatoms. The maximum atomic E-state index is 12.5. The van der Waals surface area contributed by atoms with E-state index in [-0.39, 0.29) is 22.5 Å². The van der Waals surface area contributed by atoms with Gasteiger partial charge in [-0.3, -0.25) is 9.59 Å². The molecule has 3 fully saturated rings. The third-order valence-electron chi connectivity index (χ3n) is 7.26. The molecule has 0 saturated heterocycles. The largest absolute Gasteiger partial charge is 0.300 e. The van der Waals surface area contributed by atoms with Crippen molar-refractivity contribution in [1.29, 1.82) is 0 Å². The highest BCUT2D eigenvalue weighted by atomic mass is 16.1. The summed E-state index contributed by atoms with van der Waals surface area (Å²) >= 11 is 0.